The van der Waals surface area contributed by atoms with Crippen molar-refractivity contribution in [1.29, 1.82) is 0 Å². The Morgan fingerprint density at radius 2 is 1.24 bits per heavy atom. The van der Waals surface area contributed by atoms with E-state index < -0.39 is 0 Å². The quantitative estimate of drug-likeness (QED) is 0.755. The zero-order valence-corrected chi connectivity index (χ0v) is 12.4. The fraction of sp³-hybridized carbons (Fsp3) is 0.143. The molecule has 0 heterocycles. The van der Waals surface area contributed by atoms with E-state index in [4.69, 9.17) is 4.74 Å². The summed E-state index contributed by atoms with van der Waals surface area (Å²) in [5, 5.41) is 0. The molecule has 0 bridgehead atoms. The van der Waals surface area contributed by atoms with Crippen LogP contribution in [-0.4, -0.2) is 0 Å². The highest BCUT2D eigenvalue weighted by Gasteiger charge is 1.97. The Bertz CT molecular complexity index is 452. The summed E-state index contributed by atoms with van der Waals surface area (Å²) in [4.78, 5) is 0. The van der Waals surface area contributed by atoms with Crippen molar-refractivity contribution in [2.45, 2.75) is 13.2 Å². The van der Waals surface area contributed by atoms with Crippen molar-refractivity contribution in [3.63, 3.8) is 0 Å². The van der Waals surface area contributed by atoms with Crippen LogP contribution in [0.5, 0.6) is 0 Å². The molecule has 0 aliphatic carbocycles. The number of benzene rings is 2. The molecule has 0 N–H and O–H groups in total. The summed E-state index contributed by atoms with van der Waals surface area (Å²) in [5.41, 5.74) is 2.35. The number of halogens is 2. The minimum absolute atomic E-state index is 0.631. The Hall–Kier alpha value is -0.640. The molecule has 0 radical (unpaired) electrons. The second-order valence-corrected chi connectivity index (χ2v) is 5.58. The molecule has 2 aromatic carbocycles. The first kappa shape index (κ1) is 12.8. The molecule has 0 saturated carbocycles. The zero-order valence-electron chi connectivity index (χ0n) is 9.20. The third-order valence-corrected chi connectivity index (χ3v) is 3.30. The van der Waals surface area contributed by atoms with E-state index in [1.165, 1.54) is 11.1 Å². The molecule has 0 aromatic heterocycles. The minimum Gasteiger partial charge on any atom is -0.372 e. The molecule has 3 heteroatoms. The van der Waals surface area contributed by atoms with E-state index in [0.29, 0.717) is 13.2 Å². The van der Waals surface area contributed by atoms with Gasteiger partial charge in [0.1, 0.15) is 0 Å². The van der Waals surface area contributed by atoms with Crippen molar-refractivity contribution in [3.05, 3.63) is 68.6 Å². The molecule has 0 fully saturated rings. The smallest absolute Gasteiger partial charge is 0.0721 e. The summed E-state index contributed by atoms with van der Waals surface area (Å²) >= 11 is 6.89. The van der Waals surface area contributed by atoms with Crippen molar-refractivity contribution in [3.8, 4) is 0 Å². The van der Waals surface area contributed by atoms with E-state index >= 15 is 0 Å². The average molecular weight is 356 g/mol. The molecule has 88 valence electrons. The summed E-state index contributed by atoms with van der Waals surface area (Å²) in [6.45, 7) is 1.26. The fourth-order valence-electron chi connectivity index (χ4n) is 1.54. The van der Waals surface area contributed by atoms with Gasteiger partial charge >= 0.3 is 0 Å². The molecular formula is C14H12Br2O. The number of hydrogen-bond acceptors (Lipinski definition) is 1. The third-order valence-electron chi connectivity index (χ3n) is 2.32. The largest absolute Gasteiger partial charge is 0.372 e. The van der Waals surface area contributed by atoms with Gasteiger partial charge in [-0.1, -0.05) is 56.1 Å². The van der Waals surface area contributed by atoms with Gasteiger partial charge in [-0.15, -0.1) is 0 Å². The first-order valence-corrected chi connectivity index (χ1v) is 6.89. The molecule has 2 rings (SSSR count). The number of rotatable bonds is 4. The lowest BCUT2D eigenvalue weighted by molar-refractivity contribution is 0.107. The molecular weight excluding hydrogens is 344 g/mol. The topological polar surface area (TPSA) is 9.23 Å². The Morgan fingerprint density at radius 1 is 0.765 bits per heavy atom. The van der Waals surface area contributed by atoms with Crippen LogP contribution in [0.4, 0.5) is 0 Å². The first-order valence-electron chi connectivity index (χ1n) is 5.31. The average Bonchev–Trinajstić information content (AvgIpc) is 2.29. The molecule has 0 aliphatic rings. The van der Waals surface area contributed by atoms with Crippen molar-refractivity contribution in [1.82, 2.24) is 0 Å². The standard InChI is InChI=1S/C14H12Br2O/c15-13-5-1-3-11(7-13)9-17-10-12-4-2-6-14(16)8-12/h1-8H,9-10H2. The van der Waals surface area contributed by atoms with Gasteiger partial charge < -0.3 is 4.74 Å². The second kappa shape index (κ2) is 6.34. The van der Waals surface area contributed by atoms with Gasteiger partial charge in [0.15, 0.2) is 0 Å². The van der Waals surface area contributed by atoms with Crippen molar-refractivity contribution < 1.29 is 4.74 Å². The number of ether oxygens (including phenoxy) is 1. The summed E-state index contributed by atoms with van der Waals surface area (Å²) in [7, 11) is 0. The predicted molar refractivity (Wildman–Crippen MR) is 76.8 cm³/mol. The molecule has 0 atom stereocenters. The SMILES string of the molecule is Brc1cccc(COCc2cccc(Br)c2)c1. The second-order valence-electron chi connectivity index (χ2n) is 3.75. The molecule has 0 amide bonds. The highest BCUT2D eigenvalue weighted by molar-refractivity contribution is 9.10. The summed E-state index contributed by atoms with van der Waals surface area (Å²) in [6, 6.07) is 16.3. The summed E-state index contributed by atoms with van der Waals surface area (Å²) in [5.74, 6) is 0. The molecule has 0 aliphatic heterocycles. The van der Waals surface area contributed by atoms with Gasteiger partial charge in [-0.2, -0.15) is 0 Å². The van der Waals surface area contributed by atoms with Crippen LogP contribution in [0.25, 0.3) is 0 Å². The van der Waals surface area contributed by atoms with Crippen molar-refractivity contribution in [2.24, 2.45) is 0 Å². The van der Waals surface area contributed by atoms with Crippen molar-refractivity contribution >= 4 is 31.9 Å². The van der Waals surface area contributed by atoms with Crippen LogP contribution in [-0.2, 0) is 18.0 Å². The maximum atomic E-state index is 5.67. The molecule has 17 heavy (non-hydrogen) atoms. The minimum atomic E-state index is 0.631. The Kier molecular flexibility index (Phi) is 4.77. The Morgan fingerprint density at radius 3 is 1.65 bits per heavy atom. The fourth-order valence-corrected chi connectivity index (χ4v) is 2.43. The van der Waals surface area contributed by atoms with Gasteiger partial charge in [-0.3, -0.25) is 0 Å². The lowest BCUT2D eigenvalue weighted by atomic mass is 10.2. The van der Waals surface area contributed by atoms with Crippen LogP contribution in [0.15, 0.2) is 57.5 Å². The molecule has 1 nitrogen and oxygen atoms in total. The third kappa shape index (κ3) is 4.26. The maximum absolute atomic E-state index is 5.67. The summed E-state index contributed by atoms with van der Waals surface area (Å²) < 4.78 is 7.84. The highest BCUT2D eigenvalue weighted by atomic mass is 79.9. The lowest BCUT2D eigenvalue weighted by Gasteiger charge is -2.05. The number of hydrogen-bond donors (Lipinski definition) is 0. The van der Waals surface area contributed by atoms with E-state index in [0.717, 1.165) is 8.95 Å². The molecule has 2 aromatic rings. The van der Waals surface area contributed by atoms with Gasteiger partial charge in [0.25, 0.3) is 0 Å². The highest BCUT2D eigenvalue weighted by Crippen LogP contribution is 2.15. The van der Waals surface area contributed by atoms with Gasteiger partial charge in [0.05, 0.1) is 13.2 Å². The van der Waals surface area contributed by atoms with Gasteiger partial charge in [0.2, 0.25) is 0 Å². The van der Waals surface area contributed by atoms with E-state index in [-0.39, 0.29) is 0 Å². The van der Waals surface area contributed by atoms with E-state index in [9.17, 15) is 0 Å². The lowest BCUT2D eigenvalue weighted by Crippen LogP contribution is -1.94. The van der Waals surface area contributed by atoms with Crippen LogP contribution in [0.3, 0.4) is 0 Å². The van der Waals surface area contributed by atoms with Gasteiger partial charge in [0, 0.05) is 8.95 Å². The van der Waals surface area contributed by atoms with Crippen LogP contribution >= 0.6 is 31.9 Å². The van der Waals surface area contributed by atoms with Crippen molar-refractivity contribution in [2.75, 3.05) is 0 Å². The first-order chi connectivity index (χ1) is 8.24. The van der Waals surface area contributed by atoms with Crippen LogP contribution < -0.4 is 0 Å². The molecule has 0 saturated heterocycles. The van der Waals surface area contributed by atoms with Crippen LogP contribution in [0.2, 0.25) is 0 Å². The Balaban J connectivity index is 1.87. The molecule has 0 unspecified atom stereocenters. The van der Waals surface area contributed by atoms with Gasteiger partial charge in [-0.05, 0) is 35.4 Å². The Labute approximate surface area is 118 Å². The van der Waals surface area contributed by atoms with E-state index in [2.05, 4.69) is 56.1 Å². The summed E-state index contributed by atoms with van der Waals surface area (Å²) in [6.07, 6.45) is 0. The monoisotopic (exact) mass is 354 g/mol. The maximum Gasteiger partial charge on any atom is 0.0721 e. The van der Waals surface area contributed by atoms with E-state index in [1.54, 1.807) is 0 Å². The van der Waals surface area contributed by atoms with E-state index in [1.807, 2.05) is 24.3 Å². The van der Waals surface area contributed by atoms with Crippen LogP contribution in [0, 0.1) is 0 Å². The van der Waals surface area contributed by atoms with Crippen LogP contribution in [0.1, 0.15) is 11.1 Å². The van der Waals surface area contributed by atoms with Gasteiger partial charge in [-0.25, -0.2) is 0 Å². The zero-order chi connectivity index (χ0) is 12.1. The molecule has 0 spiro atoms. The normalized spacial score (nSPS) is 10.5. The predicted octanol–water partition coefficient (Wildman–Crippen LogP) is 4.93.